The Labute approximate surface area is 135 Å². The molecule has 0 bridgehead atoms. The minimum absolute atomic E-state index is 0.0419. The number of methoxy groups -OCH3 is 3. The van der Waals surface area contributed by atoms with E-state index in [1.54, 1.807) is 6.07 Å². The summed E-state index contributed by atoms with van der Waals surface area (Å²) in [5.41, 5.74) is 0.509. The first kappa shape index (κ1) is 17.0. The van der Waals surface area contributed by atoms with Gasteiger partial charge in [0.15, 0.2) is 32.8 Å². The predicted octanol–water partition coefficient (Wildman–Crippen LogP) is 2.39. The maximum atomic E-state index is 12.6. The van der Waals surface area contributed by atoms with Crippen LogP contribution < -0.4 is 14.2 Å². The molecule has 0 aliphatic heterocycles. The highest BCUT2D eigenvalue weighted by molar-refractivity contribution is 7.90. The summed E-state index contributed by atoms with van der Waals surface area (Å²) >= 11 is 0. The first-order valence-electron chi connectivity index (χ1n) is 6.72. The standard InChI is InChI=1S/C16H18O6S/c1-20-14-7-5-12(9-16(14)22-3)23(18,19)10-11-4-6-13(17)15(8-11)21-2/h4-9,17H,10H2,1-3H3. The first-order valence-corrected chi connectivity index (χ1v) is 8.37. The number of ether oxygens (including phenoxy) is 3. The van der Waals surface area contributed by atoms with Gasteiger partial charge in [-0.15, -0.1) is 0 Å². The molecule has 2 aromatic carbocycles. The molecule has 0 heterocycles. The van der Waals surface area contributed by atoms with E-state index in [9.17, 15) is 13.5 Å². The van der Waals surface area contributed by atoms with Gasteiger partial charge in [-0.1, -0.05) is 6.07 Å². The van der Waals surface area contributed by atoms with Gasteiger partial charge < -0.3 is 19.3 Å². The number of aromatic hydroxyl groups is 1. The van der Waals surface area contributed by atoms with Crippen molar-refractivity contribution in [2.75, 3.05) is 21.3 Å². The Balaban J connectivity index is 2.35. The second kappa shape index (κ2) is 6.78. The molecular formula is C16H18O6S. The molecule has 0 spiro atoms. The van der Waals surface area contributed by atoms with Gasteiger partial charge >= 0.3 is 0 Å². The third-order valence-corrected chi connectivity index (χ3v) is 5.00. The lowest BCUT2D eigenvalue weighted by atomic mass is 10.2. The van der Waals surface area contributed by atoms with Crippen molar-refractivity contribution in [2.45, 2.75) is 10.6 Å². The molecule has 0 aliphatic carbocycles. The number of sulfone groups is 1. The summed E-state index contributed by atoms with van der Waals surface area (Å²) in [4.78, 5) is 0.127. The molecule has 124 valence electrons. The lowest BCUT2D eigenvalue weighted by Gasteiger charge is -2.11. The van der Waals surface area contributed by atoms with Crippen molar-refractivity contribution in [1.29, 1.82) is 0 Å². The van der Waals surface area contributed by atoms with Gasteiger partial charge in [0.2, 0.25) is 0 Å². The molecule has 0 fully saturated rings. The number of hydrogen-bond acceptors (Lipinski definition) is 6. The molecule has 0 atom stereocenters. The lowest BCUT2D eigenvalue weighted by molar-refractivity contribution is 0.354. The third kappa shape index (κ3) is 3.68. The van der Waals surface area contributed by atoms with Crippen LogP contribution in [0.2, 0.25) is 0 Å². The Morgan fingerprint density at radius 2 is 1.52 bits per heavy atom. The van der Waals surface area contributed by atoms with Crippen molar-refractivity contribution < 1.29 is 27.7 Å². The molecule has 0 aliphatic rings. The van der Waals surface area contributed by atoms with E-state index in [0.717, 1.165) is 0 Å². The highest BCUT2D eigenvalue weighted by Gasteiger charge is 2.19. The Morgan fingerprint density at radius 3 is 2.13 bits per heavy atom. The van der Waals surface area contributed by atoms with E-state index in [0.29, 0.717) is 17.1 Å². The number of rotatable bonds is 6. The molecule has 7 heteroatoms. The molecule has 23 heavy (non-hydrogen) atoms. The fourth-order valence-electron chi connectivity index (χ4n) is 2.12. The fourth-order valence-corrected chi connectivity index (χ4v) is 3.47. The molecule has 0 radical (unpaired) electrons. The van der Waals surface area contributed by atoms with E-state index in [1.165, 1.54) is 51.7 Å². The van der Waals surface area contributed by atoms with Crippen LogP contribution in [0.5, 0.6) is 23.0 Å². The molecule has 0 amide bonds. The lowest BCUT2D eigenvalue weighted by Crippen LogP contribution is -2.06. The van der Waals surface area contributed by atoms with Gasteiger partial charge in [-0.25, -0.2) is 8.42 Å². The van der Waals surface area contributed by atoms with Crippen molar-refractivity contribution >= 4 is 9.84 Å². The van der Waals surface area contributed by atoms with E-state index in [2.05, 4.69) is 0 Å². The van der Waals surface area contributed by atoms with Crippen LogP contribution in [0.4, 0.5) is 0 Å². The van der Waals surface area contributed by atoms with Crippen molar-refractivity contribution in [3.8, 4) is 23.0 Å². The Hall–Kier alpha value is -2.41. The highest BCUT2D eigenvalue weighted by atomic mass is 32.2. The van der Waals surface area contributed by atoms with Gasteiger partial charge in [-0.3, -0.25) is 0 Å². The van der Waals surface area contributed by atoms with Gasteiger partial charge in [0, 0.05) is 6.07 Å². The number of benzene rings is 2. The van der Waals surface area contributed by atoms with Gasteiger partial charge in [0.25, 0.3) is 0 Å². The second-order valence-electron chi connectivity index (χ2n) is 4.78. The second-order valence-corrected chi connectivity index (χ2v) is 6.77. The smallest absolute Gasteiger partial charge is 0.182 e. The topological polar surface area (TPSA) is 82.1 Å². The maximum absolute atomic E-state index is 12.6. The molecule has 0 aromatic heterocycles. The quantitative estimate of drug-likeness (QED) is 0.871. The maximum Gasteiger partial charge on any atom is 0.182 e. The summed E-state index contributed by atoms with van der Waals surface area (Å²) in [6, 6.07) is 8.87. The zero-order chi connectivity index (χ0) is 17.0. The largest absolute Gasteiger partial charge is 0.504 e. The minimum atomic E-state index is -3.58. The zero-order valence-corrected chi connectivity index (χ0v) is 13.9. The SMILES string of the molecule is COc1cc(CS(=O)(=O)c2ccc(OC)c(OC)c2)ccc1O. The summed E-state index contributed by atoms with van der Waals surface area (Å²) in [6.07, 6.45) is 0. The van der Waals surface area contributed by atoms with Crippen LogP contribution in [-0.4, -0.2) is 34.9 Å². The van der Waals surface area contributed by atoms with Crippen LogP contribution in [0.1, 0.15) is 5.56 Å². The number of phenolic OH excluding ortho intramolecular Hbond substituents is 1. The molecule has 1 N–H and O–H groups in total. The van der Waals surface area contributed by atoms with Crippen LogP contribution in [0.3, 0.4) is 0 Å². The van der Waals surface area contributed by atoms with Gasteiger partial charge in [0.05, 0.1) is 32.0 Å². The van der Waals surface area contributed by atoms with Crippen LogP contribution in [0, 0.1) is 0 Å². The molecule has 0 unspecified atom stereocenters. The Bertz CT molecular complexity index is 798. The van der Waals surface area contributed by atoms with E-state index >= 15 is 0 Å². The molecule has 0 saturated carbocycles. The summed E-state index contributed by atoms with van der Waals surface area (Å²) < 4.78 is 40.3. The molecular weight excluding hydrogens is 320 g/mol. The Kier molecular flexibility index (Phi) is 5.00. The van der Waals surface area contributed by atoms with Gasteiger partial charge in [-0.2, -0.15) is 0 Å². The molecule has 2 aromatic rings. The predicted molar refractivity (Wildman–Crippen MR) is 85.1 cm³/mol. The summed E-state index contributed by atoms with van der Waals surface area (Å²) in [7, 11) is 0.747. The zero-order valence-electron chi connectivity index (χ0n) is 13.1. The van der Waals surface area contributed by atoms with Crippen LogP contribution >= 0.6 is 0 Å². The van der Waals surface area contributed by atoms with Crippen molar-refractivity contribution in [1.82, 2.24) is 0 Å². The number of hydrogen-bond donors (Lipinski definition) is 1. The van der Waals surface area contributed by atoms with Crippen LogP contribution in [0.25, 0.3) is 0 Å². The van der Waals surface area contributed by atoms with Gasteiger partial charge in [-0.05, 0) is 29.8 Å². The van der Waals surface area contributed by atoms with E-state index in [-0.39, 0.29) is 22.1 Å². The first-order chi connectivity index (χ1) is 10.9. The average Bonchev–Trinajstić information content (AvgIpc) is 2.55. The molecule has 6 nitrogen and oxygen atoms in total. The van der Waals surface area contributed by atoms with E-state index < -0.39 is 9.84 Å². The van der Waals surface area contributed by atoms with Crippen molar-refractivity contribution in [3.63, 3.8) is 0 Å². The normalized spacial score (nSPS) is 11.1. The van der Waals surface area contributed by atoms with Crippen molar-refractivity contribution in [2.24, 2.45) is 0 Å². The summed E-state index contributed by atoms with van der Waals surface area (Å²) in [5, 5.41) is 9.57. The van der Waals surface area contributed by atoms with Gasteiger partial charge in [0.1, 0.15) is 0 Å². The van der Waals surface area contributed by atoms with Crippen molar-refractivity contribution in [3.05, 3.63) is 42.0 Å². The van der Waals surface area contributed by atoms with Crippen LogP contribution in [-0.2, 0) is 15.6 Å². The van der Waals surface area contributed by atoms with E-state index in [1.807, 2.05) is 0 Å². The summed E-state index contributed by atoms with van der Waals surface area (Å²) in [6.45, 7) is 0. The highest BCUT2D eigenvalue weighted by Crippen LogP contribution is 2.32. The Morgan fingerprint density at radius 1 is 0.870 bits per heavy atom. The minimum Gasteiger partial charge on any atom is -0.504 e. The summed E-state index contributed by atoms with van der Waals surface area (Å²) in [5.74, 6) is 0.762. The molecule has 0 saturated heterocycles. The fraction of sp³-hybridized carbons (Fsp3) is 0.250. The monoisotopic (exact) mass is 338 g/mol. The van der Waals surface area contributed by atoms with E-state index in [4.69, 9.17) is 14.2 Å². The average molecular weight is 338 g/mol. The number of phenols is 1. The molecule has 2 rings (SSSR count). The van der Waals surface area contributed by atoms with Crippen LogP contribution in [0.15, 0.2) is 41.3 Å². The third-order valence-electron chi connectivity index (χ3n) is 3.31.